The maximum absolute atomic E-state index is 2.59. The molecule has 1 aliphatic heterocycles. The molecule has 0 aromatic carbocycles. The lowest BCUT2D eigenvalue weighted by Crippen LogP contribution is -2.47. The van der Waals surface area contributed by atoms with Gasteiger partial charge in [0.25, 0.3) is 0 Å². The molecule has 1 unspecified atom stereocenters. The molecule has 1 nitrogen and oxygen atoms in total. The van der Waals surface area contributed by atoms with Crippen LogP contribution in [0.15, 0.2) is 0 Å². The number of likely N-dealkylation sites (tertiary alicyclic amines) is 1. The summed E-state index contributed by atoms with van der Waals surface area (Å²) in [4.78, 5) is 2.59. The molecule has 1 heterocycles. The van der Waals surface area contributed by atoms with E-state index in [0.717, 1.165) is 6.04 Å². The molecule has 0 radical (unpaired) electrons. The third kappa shape index (κ3) is 1.76. The molecule has 1 fully saturated rings. The van der Waals surface area contributed by atoms with E-state index in [9.17, 15) is 0 Å². The Morgan fingerprint density at radius 1 is 1.45 bits per heavy atom. The summed E-state index contributed by atoms with van der Waals surface area (Å²) >= 11 is 0. The predicted molar refractivity (Wildman–Crippen MR) is 49.7 cm³/mol. The molecule has 1 atom stereocenters. The summed E-state index contributed by atoms with van der Waals surface area (Å²) in [6.07, 6.45) is 2.77. The normalized spacial score (nSPS) is 32.2. The van der Waals surface area contributed by atoms with E-state index in [0.29, 0.717) is 5.41 Å². The van der Waals surface area contributed by atoms with Gasteiger partial charge in [-0.1, -0.05) is 20.8 Å². The van der Waals surface area contributed by atoms with Crippen molar-refractivity contribution >= 4 is 0 Å². The van der Waals surface area contributed by atoms with Crippen LogP contribution < -0.4 is 0 Å². The minimum absolute atomic E-state index is 0.536. The fourth-order valence-corrected chi connectivity index (χ4v) is 2.07. The molecule has 0 saturated carbocycles. The molecule has 1 saturated heterocycles. The Labute approximate surface area is 70.8 Å². The maximum atomic E-state index is 2.59. The molecule has 0 bridgehead atoms. The first-order chi connectivity index (χ1) is 5.08. The first-order valence-electron chi connectivity index (χ1n) is 4.82. The lowest BCUT2D eigenvalue weighted by atomic mass is 9.77. The lowest BCUT2D eigenvalue weighted by molar-refractivity contribution is 0.0539. The monoisotopic (exact) mass is 155 g/mol. The molecule has 0 aromatic heterocycles. The average Bonchev–Trinajstić information content (AvgIpc) is 1.95. The van der Waals surface area contributed by atoms with Crippen molar-refractivity contribution in [3.8, 4) is 0 Å². The minimum atomic E-state index is 0.536. The molecular weight excluding hydrogens is 134 g/mol. The van der Waals surface area contributed by atoms with Gasteiger partial charge in [0.1, 0.15) is 0 Å². The van der Waals surface area contributed by atoms with Gasteiger partial charge in [-0.15, -0.1) is 0 Å². The van der Waals surface area contributed by atoms with E-state index < -0.39 is 0 Å². The van der Waals surface area contributed by atoms with Gasteiger partial charge in [-0.25, -0.2) is 0 Å². The van der Waals surface area contributed by atoms with Gasteiger partial charge in [0, 0.05) is 6.04 Å². The Hall–Kier alpha value is -0.0400. The molecule has 0 spiro atoms. The third-order valence-corrected chi connectivity index (χ3v) is 3.35. The minimum Gasteiger partial charge on any atom is -0.300 e. The van der Waals surface area contributed by atoms with Crippen LogP contribution in [0.3, 0.4) is 0 Å². The molecule has 1 aliphatic rings. The standard InChI is InChI=1S/C10H21N/c1-5-11-8-6-7-10(3,4)9(11)2/h9H,5-8H2,1-4H3. The molecule has 0 aliphatic carbocycles. The highest BCUT2D eigenvalue weighted by Crippen LogP contribution is 2.34. The number of hydrogen-bond acceptors (Lipinski definition) is 1. The van der Waals surface area contributed by atoms with Gasteiger partial charge in [0.2, 0.25) is 0 Å². The first-order valence-corrected chi connectivity index (χ1v) is 4.82. The van der Waals surface area contributed by atoms with Gasteiger partial charge in [-0.2, -0.15) is 0 Å². The fraction of sp³-hybridized carbons (Fsp3) is 1.00. The Balaban J connectivity index is 2.60. The van der Waals surface area contributed by atoms with Crippen molar-refractivity contribution in [3.05, 3.63) is 0 Å². The van der Waals surface area contributed by atoms with Crippen LogP contribution in [0.1, 0.15) is 40.5 Å². The van der Waals surface area contributed by atoms with E-state index in [-0.39, 0.29) is 0 Å². The molecule has 0 aromatic rings. The summed E-state index contributed by atoms with van der Waals surface area (Å²) in [6, 6.07) is 0.765. The van der Waals surface area contributed by atoms with E-state index in [1.165, 1.54) is 25.9 Å². The van der Waals surface area contributed by atoms with Crippen molar-refractivity contribution in [3.63, 3.8) is 0 Å². The second-order valence-corrected chi connectivity index (χ2v) is 4.40. The van der Waals surface area contributed by atoms with E-state index in [2.05, 4.69) is 32.6 Å². The van der Waals surface area contributed by atoms with E-state index in [1.54, 1.807) is 0 Å². The van der Waals surface area contributed by atoms with Crippen LogP contribution in [0.4, 0.5) is 0 Å². The molecule has 0 amide bonds. The average molecular weight is 155 g/mol. The second kappa shape index (κ2) is 3.14. The van der Waals surface area contributed by atoms with Gasteiger partial charge >= 0.3 is 0 Å². The molecule has 0 N–H and O–H groups in total. The molecule has 11 heavy (non-hydrogen) atoms. The zero-order valence-electron chi connectivity index (χ0n) is 8.35. The Kier molecular flexibility index (Phi) is 2.58. The predicted octanol–water partition coefficient (Wildman–Crippen LogP) is 2.52. The van der Waals surface area contributed by atoms with E-state index in [4.69, 9.17) is 0 Å². The van der Waals surface area contributed by atoms with Crippen molar-refractivity contribution in [2.24, 2.45) is 5.41 Å². The summed E-state index contributed by atoms with van der Waals surface area (Å²) in [5.41, 5.74) is 0.536. The van der Waals surface area contributed by atoms with Crippen molar-refractivity contribution < 1.29 is 0 Å². The van der Waals surface area contributed by atoms with Crippen molar-refractivity contribution in [2.45, 2.75) is 46.6 Å². The van der Waals surface area contributed by atoms with Crippen molar-refractivity contribution in [2.75, 3.05) is 13.1 Å². The fourth-order valence-electron chi connectivity index (χ4n) is 2.07. The van der Waals surface area contributed by atoms with Crippen LogP contribution in [0.5, 0.6) is 0 Å². The smallest absolute Gasteiger partial charge is 0.0118 e. The molecular formula is C10H21N. The van der Waals surface area contributed by atoms with Crippen LogP contribution in [-0.4, -0.2) is 24.0 Å². The summed E-state index contributed by atoms with van der Waals surface area (Å²) in [7, 11) is 0. The van der Waals surface area contributed by atoms with Crippen molar-refractivity contribution in [1.82, 2.24) is 4.90 Å². The van der Waals surface area contributed by atoms with Crippen LogP contribution in [0, 0.1) is 5.41 Å². The highest BCUT2D eigenvalue weighted by atomic mass is 15.2. The van der Waals surface area contributed by atoms with E-state index in [1.807, 2.05) is 0 Å². The van der Waals surface area contributed by atoms with Crippen molar-refractivity contribution in [1.29, 1.82) is 0 Å². The topological polar surface area (TPSA) is 3.24 Å². The summed E-state index contributed by atoms with van der Waals surface area (Å²) < 4.78 is 0. The quantitative estimate of drug-likeness (QED) is 0.562. The van der Waals surface area contributed by atoms with Gasteiger partial charge in [-0.05, 0) is 38.3 Å². The van der Waals surface area contributed by atoms with Crippen LogP contribution >= 0.6 is 0 Å². The summed E-state index contributed by atoms with van der Waals surface area (Å²) in [5, 5.41) is 0. The highest BCUT2D eigenvalue weighted by molar-refractivity contribution is 4.86. The second-order valence-electron chi connectivity index (χ2n) is 4.40. The SMILES string of the molecule is CCN1CCCC(C)(C)C1C. The Morgan fingerprint density at radius 3 is 2.55 bits per heavy atom. The summed E-state index contributed by atoms with van der Waals surface area (Å²) in [6.45, 7) is 11.9. The van der Waals surface area contributed by atoms with E-state index >= 15 is 0 Å². The van der Waals surface area contributed by atoms with Gasteiger partial charge < -0.3 is 4.90 Å². The Bertz CT molecular complexity index is 129. The molecule has 1 heteroatoms. The van der Waals surface area contributed by atoms with Crippen LogP contribution in [0.2, 0.25) is 0 Å². The summed E-state index contributed by atoms with van der Waals surface area (Å²) in [5.74, 6) is 0. The molecule has 66 valence electrons. The first kappa shape index (κ1) is 9.05. The number of hydrogen-bond donors (Lipinski definition) is 0. The number of nitrogens with zero attached hydrogens (tertiary/aromatic N) is 1. The Morgan fingerprint density at radius 2 is 2.09 bits per heavy atom. The highest BCUT2D eigenvalue weighted by Gasteiger charge is 2.32. The van der Waals surface area contributed by atoms with Gasteiger partial charge in [-0.3, -0.25) is 0 Å². The zero-order valence-corrected chi connectivity index (χ0v) is 8.35. The number of piperidine rings is 1. The third-order valence-electron chi connectivity index (χ3n) is 3.35. The van der Waals surface area contributed by atoms with Crippen LogP contribution in [-0.2, 0) is 0 Å². The number of rotatable bonds is 1. The van der Waals surface area contributed by atoms with Crippen LogP contribution in [0.25, 0.3) is 0 Å². The van der Waals surface area contributed by atoms with Gasteiger partial charge in [0.05, 0.1) is 0 Å². The maximum Gasteiger partial charge on any atom is 0.0118 e. The zero-order chi connectivity index (χ0) is 8.48. The lowest BCUT2D eigenvalue weighted by Gasteiger charge is -2.44. The van der Waals surface area contributed by atoms with Gasteiger partial charge in [0.15, 0.2) is 0 Å². The largest absolute Gasteiger partial charge is 0.300 e. The molecule has 1 rings (SSSR count).